The molecule has 560 valence electrons. The van der Waals surface area contributed by atoms with E-state index in [9.17, 15) is 62.3 Å². The zero-order chi connectivity index (χ0) is 75.7. The minimum Gasteiger partial charge on any atom is -0.458 e. The average molecular weight is 1390 g/mol. The Morgan fingerprint density at radius 1 is 0.551 bits per heavy atom. The summed E-state index contributed by atoms with van der Waals surface area (Å²) >= 11 is 0. The van der Waals surface area contributed by atoms with E-state index in [4.69, 9.17) is 4.74 Å². The first-order valence-corrected chi connectivity index (χ1v) is 35.2. The summed E-state index contributed by atoms with van der Waals surface area (Å²) in [6.45, 7) is 32.2. The van der Waals surface area contributed by atoms with Crippen molar-refractivity contribution in [2.45, 2.75) is 256 Å². The van der Waals surface area contributed by atoms with E-state index in [0.717, 1.165) is 4.90 Å². The van der Waals surface area contributed by atoms with Crippen molar-refractivity contribution in [3.05, 3.63) is 0 Å². The van der Waals surface area contributed by atoms with Gasteiger partial charge in [-0.1, -0.05) is 130 Å². The van der Waals surface area contributed by atoms with Gasteiger partial charge in [-0.3, -0.25) is 62.3 Å². The van der Waals surface area contributed by atoms with Crippen LogP contribution in [0.2, 0.25) is 0 Å². The van der Waals surface area contributed by atoms with Gasteiger partial charge in [0, 0.05) is 88.1 Å². The summed E-state index contributed by atoms with van der Waals surface area (Å²) < 4.78 is 6.15. The predicted molar refractivity (Wildman–Crippen MR) is 373 cm³/mol. The molecular formula is C70H125N13O15. The molecule has 1 fully saturated rings. The summed E-state index contributed by atoms with van der Waals surface area (Å²) in [4.78, 5) is 206. The summed E-state index contributed by atoms with van der Waals surface area (Å²) in [5, 5.41) is 19.3. The number of carbonyl (C=O) groups excluding carboxylic acids is 14. The van der Waals surface area contributed by atoms with Gasteiger partial charge in [-0.05, 0) is 80.5 Å². The summed E-state index contributed by atoms with van der Waals surface area (Å²) in [7, 11) is 8.49. The quantitative estimate of drug-likeness (QED) is 0.0915. The standard InChI is InChI=1S/C70H125N13O15/c1-26-43(14)56-68(95)81(23)58(42(12)13)69(96)79(21)46(17)61(88)71-32-29-52(85)74-50(36-39(6)7)65(92)83(25)60(45(16)28-3)70(97)98-47(18)57(77-62(89)51(37-40(8)9)80(22)67(94)55(41(10)11)73-48(19)84)66(93)78(20)34-31-54(87)75-49(35-38(4)5)64(91)82(24)59(44(15)27-2)63(90)72-33-30-53(86)76-56/h38-47,49-51,55-60H,26-37H2,1-25H3,(H,71,88)(H,72,90)(H,73,84)(H,74,85)(H,75,87)(H,76,86)(H,77,89)/t43-,44-,45-,46-,47?,49+,50?,51+,55-,56+,57-,58?,59?,60+/m0/s1. The molecule has 0 spiro atoms. The third-order valence-corrected chi connectivity index (χ3v) is 18.6. The molecule has 0 aromatic heterocycles. The molecule has 0 aliphatic carbocycles. The van der Waals surface area contributed by atoms with E-state index in [0.29, 0.717) is 19.3 Å². The maximum absolute atomic E-state index is 15.0. The molecule has 28 nitrogen and oxygen atoms in total. The first-order chi connectivity index (χ1) is 45.4. The third kappa shape index (κ3) is 26.7. The molecule has 0 aromatic carbocycles. The molecule has 7 N–H and O–H groups in total. The number of rotatable bonds is 19. The number of hydrogen-bond acceptors (Lipinski definition) is 15. The first-order valence-electron chi connectivity index (χ1n) is 35.2. The fourth-order valence-electron chi connectivity index (χ4n) is 11.9. The second kappa shape index (κ2) is 41.9. The molecule has 0 aromatic rings. The SMILES string of the molecule is CC[C@H](C)C1C(=O)NCCC(=O)N[C@H]([C@@H](C)CC)C(=O)N(C)C(C(C)C)C(=O)N(C)[C@@H](C)C(=O)NCCC(=O)NC(CC(C)C)C(=O)N(C)[C@H]([C@@H](C)CC)C(=O)OC(C)[C@H](NC(=O)[C@@H](CC(C)C)N(C)C(=O)[C@@H](NC(C)=O)C(C)C)C(=O)N(C)CCC(=O)N[C@H](CC(C)C)C(=O)N1C. The second-order valence-corrected chi connectivity index (χ2v) is 29.0. The summed E-state index contributed by atoms with van der Waals surface area (Å²) in [6.07, 6.45) is -0.874. The van der Waals surface area contributed by atoms with Crippen molar-refractivity contribution in [3.8, 4) is 0 Å². The van der Waals surface area contributed by atoms with Crippen LogP contribution in [0.15, 0.2) is 0 Å². The van der Waals surface area contributed by atoms with Crippen molar-refractivity contribution in [1.82, 2.24) is 66.6 Å². The topological polar surface area (TPSA) is 352 Å². The maximum Gasteiger partial charge on any atom is 0.329 e. The second-order valence-electron chi connectivity index (χ2n) is 29.0. The lowest BCUT2D eigenvalue weighted by Gasteiger charge is -2.37. The Morgan fingerprint density at radius 3 is 1.45 bits per heavy atom. The molecular weight excluding hydrogens is 1260 g/mol. The molecule has 0 saturated carbocycles. The van der Waals surface area contributed by atoms with Gasteiger partial charge in [-0.25, -0.2) is 4.79 Å². The number of esters is 1. The van der Waals surface area contributed by atoms with Crippen LogP contribution < -0.4 is 37.2 Å². The Kier molecular flexibility index (Phi) is 37.8. The lowest BCUT2D eigenvalue weighted by Crippen LogP contribution is -2.61. The van der Waals surface area contributed by atoms with Gasteiger partial charge in [0.15, 0.2) is 0 Å². The van der Waals surface area contributed by atoms with Crippen molar-refractivity contribution in [2.24, 2.45) is 47.3 Å². The van der Waals surface area contributed by atoms with Gasteiger partial charge >= 0.3 is 5.97 Å². The molecule has 4 unspecified atom stereocenters. The number of hydrogen-bond donors (Lipinski definition) is 7. The van der Waals surface area contributed by atoms with Crippen molar-refractivity contribution < 1.29 is 71.9 Å². The monoisotopic (exact) mass is 1390 g/mol. The Labute approximate surface area is 584 Å². The lowest BCUT2D eigenvalue weighted by atomic mass is 9.94. The largest absolute Gasteiger partial charge is 0.458 e. The Balaban J connectivity index is 4.22. The Bertz CT molecular complexity index is 2730. The highest BCUT2D eigenvalue weighted by Gasteiger charge is 2.44. The number of nitrogens with one attached hydrogen (secondary N) is 7. The van der Waals surface area contributed by atoms with Crippen LogP contribution in [0.4, 0.5) is 0 Å². The highest BCUT2D eigenvalue weighted by molar-refractivity contribution is 5.97. The van der Waals surface area contributed by atoms with Gasteiger partial charge in [0.1, 0.15) is 66.5 Å². The molecule has 0 radical (unpaired) electrons. The molecule has 1 saturated heterocycles. The number of cyclic esters (lactones) is 1. The Hall–Kier alpha value is -7.42. The maximum atomic E-state index is 15.0. The van der Waals surface area contributed by atoms with E-state index in [1.807, 2.05) is 55.4 Å². The van der Waals surface area contributed by atoms with Gasteiger partial charge in [-0.15, -0.1) is 0 Å². The van der Waals surface area contributed by atoms with Crippen LogP contribution >= 0.6 is 0 Å². The fraction of sp³-hybridized carbons (Fsp3) is 0.800. The Morgan fingerprint density at radius 2 is 1.00 bits per heavy atom. The van der Waals surface area contributed by atoms with Gasteiger partial charge in [0.05, 0.1) is 0 Å². The van der Waals surface area contributed by atoms with Crippen LogP contribution in [0.3, 0.4) is 0 Å². The van der Waals surface area contributed by atoms with E-state index in [1.165, 1.54) is 87.6 Å². The number of nitrogens with zero attached hydrogens (tertiary/aromatic N) is 6. The normalized spacial score (nSPS) is 25.1. The summed E-state index contributed by atoms with van der Waals surface area (Å²) in [5.74, 6) is -11.9. The number of likely N-dealkylation sites (N-methyl/N-ethyl adjacent to an activating group) is 6. The van der Waals surface area contributed by atoms with Crippen LogP contribution in [-0.4, -0.2) is 241 Å². The molecule has 1 aliphatic rings. The minimum atomic E-state index is -1.70. The molecule has 1 heterocycles. The zero-order valence-corrected chi connectivity index (χ0v) is 63.8. The smallest absolute Gasteiger partial charge is 0.329 e. The fourth-order valence-corrected chi connectivity index (χ4v) is 11.9. The van der Waals surface area contributed by atoms with Gasteiger partial charge in [0.25, 0.3) is 0 Å². The molecule has 14 atom stereocenters. The molecule has 28 heteroatoms. The summed E-state index contributed by atoms with van der Waals surface area (Å²) in [6, 6.07) is -12.0. The molecule has 1 aliphatic heterocycles. The van der Waals surface area contributed by atoms with E-state index in [2.05, 4.69) is 37.2 Å². The first kappa shape index (κ1) is 88.6. The van der Waals surface area contributed by atoms with Crippen molar-refractivity contribution in [1.29, 1.82) is 0 Å². The van der Waals surface area contributed by atoms with Crippen LogP contribution in [0.5, 0.6) is 0 Å². The van der Waals surface area contributed by atoms with E-state index >= 15 is 4.79 Å². The number of ether oxygens (including phenoxy) is 1. The lowest BCUT2D eigenvalue weighted by molar-refractivity contribution is -0.164. The van der Waals surface area contributed by atoms with Crippen LogP contribution in [0.25, 0.3) is 0 Å². The van der Waals surface area contributed by atoms with Crippen LogP contribution in [0, 0.1) is 47.3 Å². The number of amides is 13. The zero-order valence-electron chi connectivity index (χ0n) is 63.8. The van der Waals surface area contributed by atoms with Gasteiger partial charge < -0.3 is 71.4 Å². The molecule has 0 bridgehead atoms. The number of carbonyl (C=O) groups is 14. The van der Waals surface area contributed by atoms with E-state index < -0.39 is 179 Å². The average Bonchev–Trinajstić information content (AvgIpc) is 0.833. The minimum absolute atomic E-state index is 0.0851. The summed E-state index contributed by atoms with van der Waals surface area (Å²) in [5.41, 5.74) is 0. The van der Waals surface area contributed by atoms with Crippen molar-refractivity contribution >= 4 is 82.8 Å². The van der Waals surface area contributed by atoms with E-state index in [1.54, 1.807) is 55.4 Å². The van der Waals surface area contributed by atoms with Gasteiger partial charge in [-0.2, -0.15) is 0 Å². The van der Waals surface area contributed by atoms with Crippen molar-refractivity contribution in [2.75, 3.05) is 61.9 Å². The molecule has 1 rings (SSSR count). The van der Waals surface area contributed by atoms with Crippen LogP contribution in [0.1, 0.15) is 189 Å². The predicted octanol–water partition coefficient (Wildman–Crippen LogP) is 2.98. The molecule has 13 amide bonds. The van der Waals surface area contributed by atoms with Crippen molar-refractivity contribution in [3.63, 3.8) is 0 Å². The van der Waals surface area contributed by atoms with E-state index in [-0.39, 0.29) is 75.9 Å². The molecule has 98 heavy (non-hydrogen) atoms. The van der Waals surface area contributed by atoms with Crippen LogP contribution in [-0.2, 0) is 71.9 Å². The highest BCUT2D eigenvalue weighted by Crippen LogP contribution is 2.24. The van der Waals surface area contributed by atoms with Gasteiger partial charge in [0.2, 0.25) is 76.8 Å². The third-order valence-electron chi connectivity index (χ3n) is 18.6. The highest BCUT2D eigenvalue weighted by atomic mass is 16.5.